The maximum Gasteiger partial charge on any atom is 0.220 e. The van der Waals surface area contributed by atoms with Crippen LogP contribution in [0.15, 0.2) is 12.1 Å². The third kappa shape index (κ3) is 2.97. The Morgan fingerprint density at radius 2 is 2.00 bits per heavy atom. The van der Waals surface area contributed by atoms with Gasteiger partial charge in [-0.15, -0.1) is 0 Å². The third-order valence-electron chi connectivity index (χ3n) is 4.04. The number of halogens is 1. The van der Waals surface area contributed by atoms with Crippen LogP contribution < -0.4 is 16.4 Å². The highest BCUT2D eigenvalue weighted by Gasteiger charge is 2.36. The van der Waals surface area contributed by atoms with Gasteiger partial charge in [0.05, 0.1) is 16.9 Å². The number of benzene rings is 1. The molecule has 0 saturated carbocycles. The van der Waals surface area contributed by atoms with Crippen molar-refractivity contribution in [1.29, 1.82) is 5.41 Å². The van der Waals surface area contributed by atoms with Gasteiger partial charge in [-0.05, 0) is 26.0 Å². The molecule has 0 aromatic heterocycles. The summed E-state index contributed by atoms with van der Waals surface area (Å²) in [5.74, 6) is -0.0453. The van der Waals surface area contributed by atoms with E-state index in [0.29, 0.717) is 35.9 Å². The van der Waals surface area contributed by atoms with Gasteiger partial charge in [-0.25, -0.2) is 0 Å². The van der Waals surface area contributed by atoms with Crippen LogP contribution in [0.5, 0.6) is 0 Å². The number of anilines is 2. The summed E-state index contributed by atoms with van der Waals surface area (Å²) in [6, 6.07) is 3.38. The zero-order chi connectivity index (χ0) is 16.7. The van der Waals surface area contributed by atoms with Gasteiger partial charge < -0.3 is 21.3 Å². The molecule has 0 bridgehead atoms. The number of nitrogen functional groups attached to an aromatic ring is 2. The van der Waals surface area contributed by atoms with E-state index in [1.165, 1.54) is 0 Å². The minimum absolute atomic E-state index is 0.0631. The number of carbonyl (C=O) groups excluding carboxylic acids is 1. The average molecular weight is 324 g/mol. The van der Waals surface area contributed by atoms with Crippen LogP contribution in [0.1, 0.15) is 26.3 Å². The number of nitrogens with zero attached hydrogens (tertiary/aromatic N) is 2. The molecular weight excluding hydrogens is 302 g/mol. The molecular formula is C15H22ClN5O. The van der Waals surface area contributed by atoms with Crippen LogP contribution in [0.4, 0.5) is 11.4 Å². The zero-order valence-corrected chi connectivity index (χ0v) is 13.9. The van der Waals surface area contributed by atoms with Gasteiger partial charge in [0.1, 0.15) is 5.84 Å². The third-order valence-corrected chi connectivity index (χ3v) is 4.25. The summed E-state index contributed by atoms with van der Waals surface area (Å²) >= 11 is 6.14. The molecule has 120 valence electrons. The van der Waals surface area contributed by atoms with E-state index in [0.717, 1.165) is 5.69 Å². The van der Waals surface area contributed by atoms with Gasteiger partial charge in [0, 0.05) is 37.1 Å². The van der Waals surface area contributed by atoms with Gasteiger partial charge >= 0.3 is 0 Å². The number of hydrogen-bond acceptors (Lipinski definition) is 4. The topological polar surface area (TPSA) is 99.4 Å². The Kier molecular flexibility index (Phi) is 4.24. The number of piperazine rings is 1. The summed E-state index contributed by atoms with van der Waals surface area (Å²) in [7, 11) is 0. The summed E-state index contributed by atoms with van der Waals surface area (Å²) in [6.07, 6.45) is 0. The fraction of sp³-hybridized carbons (Fsp3) is 0.467. The maximum atomic E-state index is 11.7. The monoisotopic (exact) mass is 323 g/mol. The highest BCUT2D eigenvalue weighted by atomic mass is 35.5. The van der Waals surface area contributed by atoms with Crippen LogP contribution in [0, 0.1) is 5.41 Å². The molecule has 2 rings (SSSR count). The number of hydrogen-bond donors (Lipinski definition) is 3. The van der Waals surface area contributed by atoms with Crippen LogP contribution in [0.25, 0.3) is 0 Å². The normalized spacial score (nSPS) is 17.5. The molecule has 7 heteroatoms. The number of nitrogens with two attached hydrogens (primary N) is 2. The standard InChI is InChI=1S/C15H22ClN5O/c1-9(22)21-5-4-20(8-15(21,2)3)12-7-10(16)6-11(13(12)17)14(18)19/h6-7H,4-5,8,17H2,1-3H3,(H3,18,19). The Morgan fingerprint density at radius 1 is 1.36 bits per heavy atom. The minimum Gasteiger partial charge on any atom is -0.396 e. The van der Waals surface area contributed by atoms with Gasteiger partial charge in [-0.3, -0.25) is 10.2 Å². The first kappa shape index (κ1) is 16.4. The Labute approximate surface area is 135 Å². The molecule has 0 aliphatic carbocycles. The summed E-state index contributed by atoms with van der Waals surface area (Å²) in [6.45, 7) is 7.53. The molecule has 1 aliphatic rings. The SMILES string of the molecule is CC(=O)N1CCN(c2cc(Cl)cc(C(=N)N)c2N)CC1(C)C. The molecule has 1 saturated heterocycles. The van der Waals surface area contributed by atoms with Gasteiger partial charge in [0.2, 0.25) is 5.91 Å². The van der Waals surface area contributed by atoms with Crippen LogP contribution in [-0.4, -0.2) is 41.8 Å². The van der Waals surface area contributed by atoms with E-state index in [1.807, 2.05) is 18.7 Å². The molecule has 0 spiro atoms. The number of rotatable bonds is 2. The predicted molar refractivity (Wildman–Crippen MR) is 90.6 cm³/mol. The Bertz CT molecular complexity index is 629. The van der Waals surface area contributed by atoms with E-state index in [1.54, 1.807) is 19.1 Å². The minimum atomic E-state index is -0.310. The fourth-order valence-corrected chi connectivity index (χ4v) is 3.24. The van der Waals surface area contributed by atoms with Crippen molar-refractivity contribution in [3.63, 3.8) is 0 Å². The molecule has 1 heterocycles. The van der Waals surface area contributed by atoms with Gasteiger partial charge in [0.25, 0.3) is 0 Å². The van der Waals surface area contributed by atoms with E-state index in [9.17, 15) is 4.79 Å². The van der Waals surface area contributed by atoms with Crippen molar-refractivity contribution in [2.24, 2.45) is 5.73 Å². The molecule has 1 aromatic carbocycles. The average Bonchev–Trinajstić information content (AvgIpc) is 2.38. The summed E-state index contributed by atoms with van der Waals surface area (Å²) < 4.78 is 0. The maximum absolute atomic E-state index is 11.7. The summed E-state index contributed by atoms with van der Waals surface area (Å²) in [5.41, 5.74) is 13.1. The van der Waals surface area contributed by atoms with E-state index >= 15 is 0 Å². The first-order valence-electron chi connectivity index (χ1n) is 7.10. The van der Waals surface area contributed by atoms with Crippen LogP contribution in [0.2, 0.25) is 5.02 Å². The predicted octanol–water partition coefficient (Wildman–Crippen LogP) is 1.65. The Balaban J connectivity index is 2.38. The first-order chi connectivity index (χ1) is 10.1. The van der Waals surface area contributed by atoms with E-state index in [2.05, 4.69) is 4.90 Å². The van der Waals surface area contributed by atoms with Crippen molar-refractivity contribution in [2.45, 2.75) is 26.3 Å². The second-order valence-corrected chi connectivity index (χ2v) is 6.64. The van der Waals surface area contributed by atoms with Crippen LogP contribution in [-0.2, 0) is 4.79 Å². The molecule has 0 atom stereocenters. The van der Waals surface area contributed by atoms with Crippen molar-refractivity contribution in [2.75, 3.05) is 30.3 Å². The quantitative estimate of drug-likeness (QED) is 0.438. The largest absolute Gasteiger partial charge is 0.396 e. The van der Waals surface area contributed by atoms with Crippen molar-refractivity contribution >= 4 is 34.7 Å². The highest BCUT2D eigenvalue weighted by Crippen LogP contribution is 2.34. The number of amidine groups is 1. The first-order valence-corrected chi connectivity index (χ1v) is 7.48. The van der Waals surface area contributed by atoms with Crippen LogP contribution >= 0.6 is 11.6 Å². The van der Waals surface area contributed by atoms with Crippen molar-refractivity contribution < 1.29 is 4.79 Å². The summed E-state index contributed by atoms with van der Waals surface area (Å²) in [4.78, 5) is 15.7. The van der Waals surface area contributed by atoms with E-state index < -0.39 is 0 Å². The second-order valence-electron chi connectivity index (χ2n) is 6.20. The van der Waals surface area contributed by atoms with Gasteiger partial charge in [-0.1, -0.05) is 11.6 Å². The van der Waals surface area contributed by atoms with Crippen molar-refractivity contribution in [3.8, 4) is 0 Å². The molecule has 1 aliphatic heterocycles. The van der Waals surface area contributed by atoms with E-state index in [4.69, 9.17) is 28.5 Å². The molecule has 22 heavy (non-hydrogen) atoms. The molecule has 6 nitrogen and oxygen atoms in total. The summed E-state index contributed by atoms with van der Waals surface area (Å²) in [5, 5.41) is 8.10. The molecule has 1 amide bonds. The zero-order valence-electron chi connectivity index (χ0n) is 13.1. The van der Waals surface area contributed by atoms with Gasteiger partial charge in [0.15, 0.2) is 0 Å². The molecule has 5 N–H and O–H groups in total. The molecule has 1 fully saturated rings. The number of carbonyl (C=O) groups is 1. The fourth-order valence-electron chi connectivity index (χ4n) is 3.03. The molecule has 0 unspecified atom stereocenters. The smallest absolute Gasteiger partial charge is 0.220 e. The number of nitrogens with one attached hydrogen (secondary N) is 1. The Morgan fingerprint density at radius 3 is 2.50 bits per heavy atom. The number of amides is 1. The lowest BCUT2D eigenvalue weighted by Gasteiger charge is -2.48. The highest BCUT2D eigenvalue weighted by molar-refractivity contribution is 6.31. The van der Waals surface area contributed by atoms with Gasteiger partial charge in [-0.2, -0.15) is 0 Å². The van der Waals surface area contributed by atoms with Crippen molar-refractivity contribution in [3.05, 3.63) is 22.7 Å². The lowest BCUT2D eigenvalue weighted by atomic mass is 9.97. The Hall–Kier alpha value is -1.95. The lowest BCUT2D eigenvalue weighted by Crippen LogP contribution is -2.60. The second kappa shape index (κ2) is 5.68. The van der Waals surface area contributed by atoms with Crippen molar-refractivity contribution in [1.82, 2.24) is 4.90 Å². The molecule has 0 radical (unpaired) electrons. The van der Waals surface area contributed by atoms with E-state index in [-0.39, 0.29) is 17.3 Å². The molecule has 1 aromatic rings. The lowest BCUT2D eigenvalue weighted by molar-refractivity contribution is -0.134. The van der Waals surface area contributed by atoms with Crippen LogP contribution in [0.3, 0.4) is 0 Å².